The van der Waals surface area contributed by atoms with E-state index in [1.54, 1.807) is 24.3 Å². The lowest BCUT2D eigenvalue weighted by Crippen LogP contribution is -2.23. The molecule has 0 saturated heterocycles. The molecule has 1 N–H and O–H groups in total. The van der Waals surface area contributed by atoms with Crippen LogP contribution in [0.2, 0.25) is 0 Å². The van der Waals surface area contributed by atoms with Gasteiger partial charge in [0.2, 0.25) is 0 Å². The van der Waals surface area contributed by atoms with E-state index < -0.39 is 0 Å². The molecule has 0 fully saturated rings. The minimum Gasteiger partial charge on any atom is -0.341 e. The molecule has 2 rings (SSSR count). The van der Waals surface area contributed by atoms with Gasteiger partial charge < -0.3 is 5.32 Å². The van der Waals surface area contributed by atoms with Gasteiger partial charge in [-0.2, -0.15) is 5.26 Å². The van der Waals surface area contributed by atoms with E-state index in [-0.39, 0.29) is 12.5 Å². The average Bonchev–Trinajstić information content (AvgIpc) is 2.52. The minimum atomic E-state index is -0.197. The summed E-state index contributed by atoms with van der Waals surface area (Å²) in [7, 11) is 0. The molecule has 0 aliphatic carbocycles. The normalized spacial score (nSPS) is 8.95. The van der Waals surface area contributed by atoms with Crippen LogP contribution < -0.4 is 5.32 Å². The zero-order valence-electron chi connectivity index (χ0n) is 10.8. The molecule has 20 heavy (non-hydrogen) atoms. The maximum Gasteiger partial charge on any atom is 0.252 e. The number of benzene rings is 2. The maximum absolute atomic E-state index is 11.8. The second-order valence-corrected chi connectivity index (χ2v) is 4.04. The Kier molecular flexibility index (Phi) is 4.54. The number of nitrogens with zero attached hydrogens (tertiary/aromatic N) is 1. The molecule has 2 aromatic rings. The Hall–Kier alpha value is -3.04. The van der Waals surface area contributed by atoms with Gasteiger partial charge in [-0.05, 0) is 36.4 Å². The molecule has 3 heteroatoms. The summed E-state index contributed by atoms with van der Waals surface area (Å²) in [5.41, 5.74) is 1.97. The van der Waals surface area contributed by atoms with Crippen LogP contribution in [0.4, 0.5) is 0 Å². The van der Waals surface area contributed by atoms with E-state index >= 15 is 0 Å². The molecule has 0 spiro atoms. The van der Waals surface area contributed by atoms with Crippen LogP contribution in [0, 0.1) is 23.2 Å². The Morgan fingerprint density at radius 3 is 2.35 bits per heavy atom. The lowest BCUT2D eigenvalue weighted by molar-refractivity contribution is 0.0958. The van der Waals surface area contributed by atoms with E-state index in [0.717, 1.165) is 5.56 Å². The van der Waals surface area contributed by atoms with Gasteiger partial charge in [-0.1, -0.05) is 30.0 Å². The molecule has 0 saturated carbocycles. The first-order chi connectivity index (χ1) is 9.79. The Morgan fingerprint density at radius 1 is 1.00 bits per heavy atom. The monoisotopic (exact) mass is 260 g/mol. The number of nitriles is 1. The Morgan fingerprint density at radius 2 is 1.70 bits per heavy atom. The predicted octanol–water partition coefficient (Wildman–Crippen LogP) is 2.34. The summed E-state index contributed by atoms with van der Waals surface area (Å²) in [4.78, 5) is 11.8. The van der Waals surface area contributed by atoms with Crippen molar-refractivity contribution in [3.63, 3.8) is 0 Å². The molecule has 0 bridgehead atoms. The standard InChI is InChI=1S/C17H12N2O/c18-13-15-8-10-16(11-9-15)17(20)19-12-4-7-14-5-2-1-3-6-14/h1-3,5-6,8-11H,12H2,(H,19,20). The molecule has 0 radical (unpaired) electrons. The largest absolute Gasteiger partial charge is 0.341 e. The van der Waals surface area contributed by atoms with Crippen molar-refractivity contribution in [3.05, 3.63) is 71.3 Å². The molecule has 96 valence electrons. The van der Waals surface area contributed by atoms with E-state index in [1.807, 2.05) is 36.4 Å². The molecule has 0 unspecified atom stereocenters. The zero-order valence-corrected chi connectivity index (χ0v) is 10.8. The van der Waals surface area contributed by atoms with Crippen LogP contribution in [0.3, 0.4) is 0 Å². The summed E-state index contributed by atoms with van der Waals surface area (Å²) >= 11 is 0. The number of nitrogens with one attached hydrogen (secondary N) is 1. The first-order valence-corrected chi connectivity index (χ1v) is 6.12. The third kappa shape index (κ3) is 3.73. The van der Waals surface area contributed by atoms with Crippen molar-refractivity contribution in [3.8, 4) is 17.9 Å². The van der Waals surface area contributed by atoms with Crippen LogP contribution in [0.25, 0.3) is 0 Å². The highest BCUT2D eigenvalue weighted by atomic mass is 16.1. The molecule has 2 aromatic carbocycles. The Balaban J connectivity index is 1.89. The fourth-order valence-electron chi connectivity index (χ4n) is 1.59. The number of carbonyl (C=O) groups is 1. The van der Waals surface area contributed by atoms with Gasteiger partial charge in [-0.15, -0.1) is 0 Å². The molecule has 3 nitrogen and oxygen atoms in total. The van der Waals surface area contributed by atoms with Crippen molar-refractivity contribution in [2.24, 2.45) is 0 Å². The summed E-state index contributed by atoms with van der Waals surface area (Å²) < 4.78 is 0. The first kappa shape index (κ1) is 13.4. The number of amides is 1. The summed E-state index contributed by atoms with van der Waals surface area (Å²) in [5, 5.41) is 11.4. The Labute approximate surface area is 117 Å². The van der Waals surface area contributed by atoms with Crippen LogP contribution in [0.5, 0.6) is 0 Å². The molecule has 0 aliphatic rings. The van der Waals surface area contributed by atoms with Gasteiger partial charge >= 0.3 is 0 Å². The van der Waals surface area contributed by atoms with Gasteiger partial charge in [0.05, 0.1) is 18.2 Å². The van der Waals surface area contributed by atoms with Crippen molar-refractivity contribution in [1.29, 1.82) is 5.26 Å². The second kappa shape index (κ2) is 6.78. The fraction of sp³-hybridized carbons (Fsp3) is 0.0588. The van der Waals surface area contributed by atoms with E-state index in [2.05, 4.69) is 17.2 Å². The van der Waals surface area contributed by atoms with Crippen LogP contribution in [0.1, 0.15) is 21.5 Å². The molecule has 0 aromatic heterocycles. The fourth-order valence-corrected chi connectivity index (χ4v) is 1.59. The Bertz CT molecular complexity index is 686. The van der Waals surface area contributed by atoms with Gasteiger partial charge in [-0.3, -0.25) is 4.79 Å². The molecule has 0 heterocycles. The highest BCUT2D eigenvalue weighted by Gasteiger charge is 2.03. The molecule has 0 aliphatic heterocycles. The van der Waals surface area contributed by atoms with Crippen LogP contribution in [0.15, 0.2) is 54.6 Å². The lowest BCUT2D eigenvalue weighted by atomic mass is 10.1. The van der Waals surface area contributed by atoms with E-state index in [4.69, 9.17) is 5.26 Å². The minimum absolute atomic E-state index is 0.197. The summed E-state index contributed by atoms with van der Waals surface area (Å²) in [6.07, 6.45) is 0. The SMILES string of the molecule is N#Cc1ccc(C(=O)NCC#Cc2ccccc2)cc1. The smallest absolute Gasteiger partial charge is 0.252 e. The summed E-state index contributed by atoms with van der Waals surface area (Å²) in [5.74, 6) is 5.66. The second-order valence-electron chi connectivity index (χ2n) is 4.04. The maximum atomic E-state index is 11.8. The third-order valence-electron chi connectivity index (χ3n) is 2.62. The van der Waals surface area contributed by atoms with Crippen molar-refractivity contribution in [2.45, 2.75) is 0 Å². The summed E-state index contributed by atoms with van der Waals surface area (Å²) in [6.45, 7) is 0.285. The van der Waals surface area contributed by atoms with Crippen molar-refractivity contribution >= 4 is 5.91 Å². The van der Waals surface area contributed by atoms with Gasteiger partial charge in [0.25, 0.3) is 5.91 Å². The summed E-state index contributed by atoms with van der Waals surface area (Å²) in [6, 6.07) is 18.1. The van der Waals surface area contributed by atoms with Crippen LogP contribution >= 0.6 is 0 Å². The number of carbonyl (C=O) groups excluding carboxylic acids is 1. The molecular weight excluding hydrogens is 248 g/mol. The van der Waals surface area contributed by atoms with E-state index in [9.17, 15) is 4.79 Å². The van der Waals surface area contributed by atoms with Gasteiger partial charge in [0, 0.05) is 11.1 Å². The van der Waals surface area contributed by atoms with Gasteiger partial charge in [0.15, 0.2) is 0 Å². The van der Waals surface area contributed by atoms with E-state index in [0.29, 0.717) is 11.1 Å². The van der Waals surface area contributed by atoms with Crippen molar-refractivity contribution < 1.29 is 4.79 Å². The first-order valence-electron chi connectivity index (χ1n) is 6.12. The highest BCUT2D eigenvalue weighted by molar-refractivity contribution is 5.94. The zero-order chi connectivity index (χ0) is 14.2. The number of rotatable bonds is 2. The number of hydrogen-bond donors (Lipinski definition) is 1. The third-order valence-corrected chi connectivity index (χ3v) is 2.62. The van der Waals surface area contributed by atoms with Crippen molar-refractivity contribution in [2.75, 3.05) is 6.54 Å². The average molecular weight is 260 g/mol. The predicted molar refractivity (Wildman–Crippen MR) is 76.8 cm³/mol. The van der Waals surface area contributed by atoms with E-state index in [1.165, 1.54) is 0 Å². The lowest BCUT2D eigenvalue weighted by Gasteiger charge is -2.00. The van der Waals surface area contributed by atoms with Crippen LogP contribution in [-0.2, 0) is 0 Å². The van der Waals surface area contributed by atoms with Gasteiger partial charge in [0.1, 0.15) is 0 Å². The molecule has 0 atom stereocenters. The highest BCUT2D eigenvalue weighted by Crippen LogP contribution is 2.02. The quantitative estimate of drug-likeness (QED) is 0.843. The van der Waals surface area contributed by atoms with Crippen molar-refractivity contribution in [1.82, 2.24) is 5.32 Å². The molecular formula is C17H12N2O. The number of hydrogen-bond acceptors (Lipinski definition) is 2. The van der Waals surface area contributed by atoms with Gasteiger partial charge in [-0.25, -0.2) is 0 Å². The molecule has 1 amide bonds. The van der Waals surface area contributed by atoms with Crippen LogP contribution in [-0.4, -0.2) is 12.5 Å². The topological polar surface area (TPSA) is 52.9 Å².